The summed E-state index contributed by atoms with van der Waals surface area (Å²) in [5, 5.41) is 14.5. The van der Waals surface area contributed by atoms with Gasteiger partial charge in [-0.2, -0.15) is 0 Å². The lowest BCUT2D eigenvalue weighted by atomic mass is 10.2. The smallest absolute Gasteiger partial charge is 0.226 e. The highest BCUT2D eigenvalue weighted by molar-refractivity contribution is 7.13. The van der Waals surface area contributed by atoms with Crippen LogP contribution in [0.3, 0.4) is 0 Å². The SMILES string of the molecule is CCC(CO)NC(=O)Cc1csc(-c2ccoc2)n1. The molecule has 2 aromatic heterocycles. The van der Waals surface area contributed by atoms with Crippen LogP contribution < -0.4 is 5.32 Å². The van der Waals surface area contributed by atoms with E-state index in [9.17, 15) is 4.79 Å². The zero-order valence-corrected chi connectivity index (χ0v) is 11.4. The fraction of sp³-hybridized carbons (Fsp3) is 0.385. The van der Waals surface area contributed by atoms with Crippen molar-refractivity contribution in [2.45, 2.75) is 25.8 Å². The van der Waals surface area contributed by atoms with Crippen LogP contribution in [0, 0.1) is 0 Å². The van der Waals surface area contributed by atoms with Crippen LogP contribution in [0.15, 0.2) is 28.4 Å². The Balaban J connectivity index is 1.95. The zero-order valence-electron chi connectivity index (χ0n) is 10.6. The van der Waals surface area contributed by atoms with E-state index >= 15 is 0 Å². The van der Waals surface area contributed by atoms with E-state index < -0.39 is 0 Å². The van der Waals surface area contributed by atoms with Gasteiger partial charge in [0.2, 0.25) is 5.91 Å². The normalized spacial score (nSPS) is 12.3. The highest BCUT2D eigenvalue weighted by atomic mass is 32.1. The molecule has 2 rings (SSSR count). The van der Waals surface area contributed by atoms with Crippen LogP contribution >= 0.6 is 11.3 Å². The predicted octanol–water partition coefficient (Wildman–Crippen LogP) is 1.83. The van der Waals surface area contributed by atoms with Gasteiger partial charge in [-0.25, -0.2) is 4.98 Å². The minimum atomic E-state index is -0.181. The summed E-state index contributed by atoms with van der Waals surface area (Å²) in [6.07, 6.45) is 4.15. The number of aliphatic hydroxyl groups excluding tert-OH is 1. The molecular weight excluding hydrogens is 264 g/mol. The number of hydrogen-bond donors (Lipinski definition) is 2. The first-order valence-corrected chi connectivity index (χ1v) is 6.98. The van der Waals surface area contributed by atoms with Crippen molar-refractivity contribution in [3.8, 4) is 10.6 Å². The maximum absolute atomic E-state index is 11.8. The number of rotatable bonds is 6. The Morgan fingerprint density at radius 2 is 2.47 bits per heavy atom. The van der Waals surface area contributed by atoms with Gasteiger partial charge in [-0.05, 0) is 12.5 Å². The second kappa shape index (κ2) is 6.49. The van der Waals surface area contributed by atoms with Crippen molar-refractivity contribution in [2.75, 3.05) is 6.61 Å². The van der Waals surface area contributed by atoms with Gasteiger partial charge in [0.05, 0.1) is 31.0 Å². The third kappa shape index (κ3) is 3.65. The van der Waals surface area contributed by atoms with Crippen LogP contribution in [0.4, 0.5) is 0 Å². The summed E-state index contributed by atoms with van der Waals surface area (Å²) in [5.41, 5.74) is 1.64. The molecule has 0 bridgehead atoms. The molecule has 0 fully saturated rings. The fourth-order valence-electron chi connectivity index (χ4n) is 1.63. The molecule has 5 nitrogen and oxygen atoms in total. The van der Waals surface area contributed by atoms with E-state index in [1.54, 1.807) is 12.5 Å². The Labute approximate surface area is 115 Å². The van der Waals surface area contributed by atoms with Gasteiger partial charge in [0.25, 0.3) is 0 Å². The number of amides is 1. The van der Waals surface area contributed by atoms with E-state index in [1.807, 2.05) is 18.4 Å². The minimum Gasteiger partial charge on any atom is -0.472 e. The molecule has 102 valence electrons. The Morgan fingerprint density at radius 3 is 3.11 bits per heavy atom. The van der Waals surface area contributed by atoms with Crippen LogP contribution in [0.25, 0.3) is 10.6 Å². The van der Waals surface area contributed by atoms with Crippen molar-refractivity contribution < 1.29 is 14.3 Å². The average molecular weight is 280 g/mol. The molecule has 0 aliphatic rings. The van der Waals surface area contributed by atoms with Gasteiger partial charge in [-0.1, -0.05) is 6.92 Å². The highest BCUT2D eigenvalue weighted by Gasteiger charge is 2.12. The molecule has 2 aromatic rings. The van der Waals surface area contributed by atoms with E-state index in [1.165, 1.54) is 11.3 Å². The molecule has 1 unspecified atom stereocenters. The van der Waals surface area contributed by atoms with Gasteiger partial charge in [0, 0.05) is 10.9 Å². The van der Waals surface area contributed by atoms with Gasteiger partial charge in [0.1, 0.15) is 11.3 Å². The van der Waals surface area contributed by atoms with Gasteiger partial charge in [0.15, 0.2) is 0 Å². The van der Waals surface area contributed by atoms with Crippen molar-refractivity contribution in [3.05, 3.63) is 29.7 Å². The molecule has 0 radical (unpaired) electrons. The summed E-state index contributed by atoms with van der Waals surface area (Å²) in [6.45, 7) is 1.88. The predicted molar refractivity (Wildman–Crippen MR) is 72.8 cm³/mol. The molecule has 1 amide bonds. The largest absolute Gasteiger partial charge is 0.472 e. The lowest BCUT2D eigenvalue weighted by molar-refractivity contribution is -0.121. The Bertz CT molecular complexity index is 518. The number of aliphatic hydroxyl groups is 1. The molecule has 0 aliphatic heterocycles. The molecule has 6 heteroatoms. The number of hydrogen-bond acceptors (Lipinski definition) is 5. The summed E-state index contributed by atoms with van der Waals surface area (Å²) in [6, 6.07) is 1.65. The standard InChI is InChI=1S/C13H16N2O3S/c1-2-10(6-16)14-12(17)5-11-8-19-13(15-11)9-3-4-18-7-9/h3-4,7-8,10,16H,2,5-6H2,1H3,(H,14,17). The van der Waals surface area contributed by atoms with Crippen LogP contribution in [-0.4, -0.2) is 28.6 Å². The first kappa shape index (κ1) is 13.8. The minimum absolute atomic E-state index is 0.0421. The molecule has 2 N–H and O–H groups in total. The van der Waals surface area contributed by atoms with Crippen LogP contribution in [0.1, 0.15) is 19.0 Å². The molecule has 19 heavy (non-hydrogen) atoms. The molecular formula is C13H16N2O3S. The van der Waals surface area contributed by atoms with Crippen LogP contribution in [-0.2, 0) is 11.2 Å². The topological polar surface area (TPSA) is 75.4 Å². The van der Waals surface area contributed by atoms with Gasteiger partial charge >= 0.3 is 0 Å². The van der Waals surface area contributed by atoms with Crippen molar-refractivity contribution in [1.29, 1.82) is 0 Å². The summed E-state index contributed by atoms with van der Waals surface area (Å²) in [4.78, 5) is 16.1. The van der Waals surface area contributed by atoms with Crippen LogP contribution in [0.5, 0.6) is 0 Å². The Morgan fingerprint density at radius 1 is 1.63 bits per heavy atom. The molecule has 0 aromatic carbocycles. The molecule has 0 saturated heterocycles. The van der Waals surface area contributed by atoms with Crippen LogP contribution in [0.2, 0.25) is 0 Å². The molecule has 0 aliphatic carbocycles. The van der Waals surface area contributed by atoms with Gasteiger partial charge in [-0.3, -0.25) is 4.79 Å². The van der Waals surface area contributed by atoms with E-state index in [2.05, 4.69) is 10.3 Å². The number of aromatic nitrogens is 1. The monoisotopic (exact) mass is 280 g/mol. The second-order valence-electron chi connectivity index (χ2n) is 4.19. The van der Waals surface area contributed by atoms with Gasteiger partial charge < -0.3 is 14.8 Å². The van der Waals surface area contributed by atoms with E-state index in [0.29, 0.717) is 6.42 Å². The Hall–Kier alpha value is -1.66. The maximum Gasteiger partial charge on any atom is 0.226 e. The fourth-order valence-corrected chi connectivity index (χ4v) is 2.43. The summed E-state index contributed by atoms with van der Waals surface area (Å²) >= 11 is 1.48. The summed E-state index contributed by atoms with van der Waals surface area (Å²) in [5.74, 6) is -0.120. The molecule has 0 spiro atoms. The first-order valence-electron chi connectivity index (χ1n) is 6.10. The van der Waals surface area contributed by atoms with Crippen molar-refractivity contribution in [1.82, 2.24) is 10.3 Å². The molecule has 2 heterocycles. The highest BCUT2D eigenvalue weighted by Crippen LogP contribution is 2.24. The first-order chi connectivity index (χ1) is 9.22. The molecule has 0 saturated carbocycles. The lowest BCUT2D eigenvalue weighted by Crippen LogP contribution is -2.37. The zero-order chi connectivity index (χ0) is 13.7. The Kier molecular flexibility index (Phi) is 4.70. The summed E-state index contributed by atoms with van der Waals surface area (Å²) in [7, 11) is 0. The third-order valence-electron chi connectivity index (χ3n) is 2.74. The third-order valence-corrected chi connectivity index (χ3v) is 3.68. The number of furan rings is 1. The summed E-state index contributed by atoms with van der Waals surface area (Å²) < 4.78 is 5.00. The number of thiazole rings is 1. The van der Waals surface area contributed by atoms with E-state index in [-0.39, 0.29) is 25.0 Å². The average Bonchev–Trinajstić information content (AvgIpc) is 3.06. The molecule has 1 atom stereocenters. The van der Waals surface area contributed by atoms with Crippen molar-refractivity contribution in [2.24, 2.45) is 0 Å². The van der Waals surface area contributed by atoms with E-state index in [4.69, 9.17) is 9.52 Å². The van der Waals surface area contributed by atoms with Crippen molar-refractivity contribution >= 4 is 17.2 Å². The number of nitrogens with zero attached hydrogens (tertiary/aromatic N) is 1. The second-order valence-corrected chi connectivity index (χ2v) is 5.05. The quantitative estimate of drug-likeness (QED) is 0.846. The lowest BCUT2D eigenvalue weighted by Gasteiger charge is -2.13. The number of carbonyl (C=O) groups is 1. The number of nitrogens with one attached hydrogen (secondary N) is 1. The maximum atomic E-state index is 11.8. The number of carbonyl (C=O) groups excluding carboxylic acids is 1. The van der Waals surface area contributed by atoms with Gasteiger partial charge in [-0.15, -0.1) is 11.3 Å². The van der Waals surface area contributed by atoms with Crippen molar-refractivity contribution in [3.63, 3.8) is 0 Å². The van der Waals surface area contributed by atoms with E-state index in [0.717, 1.165) is 16.3 Å².